The molecule has 1 heterocycles. The fraction of sp³-hybridized carbons (Fsp3) is 0.278. The van der Waals surface area contributed by atoms with E-state index in [1.165, 1.54) is 18.2 Å². The van der Waals surface area contributed by atoms with Gasteiger partial charge in [0, 0.05) is 37.2 Å². The molecule has 1 fully saturated rings. The number of amides is 1. The summed E-state index contributed by atoms with van der Waals surface area (Å²) in [6.07, 6.45) is -0.457. The third kappa shape index (κ3) is 4.32. The van der Waals surface area contributed by atoms with Gasteiger partial charge in [-0.05, 0) is 36.4 Å². The fourth-order valence-corrected chi connectivity index (χ4v) is 2.61. The van der Waals surface area contributed by atoms with Crippen molar-refractivity contribution in [1.29, 1.82) is 0 Å². The number of ether oxygens (including phenoxy) is 1. The third-order valence-electron chi connectivity index (χ3n) is 4.07. The number of aliphatic hydroxyl groups excluding tert-OH is 1. The molecule has 132 valence electrons. The van der Waals surface area contributed by atoms with Crippen LogP contribution in [0.5, 0.6) is 11.5 Å². The van der Waals surface area contributed by atoms with Crippen LogP contribution in [0.2, 0.25) is 0 Å². The van der Waals surface area contributed by atoms with Crippen LogP contribution < -0.4 is 15.4 Å². The first kappa shape index (κ1) is 17.3. The number of benzene rings is 2. The number of halogens is 2. The molecule has 0 bridgehead atoms. The number of nitrogens with one attached hydrogen (secondary N) is 2. The van der Waals surface area contributed by atoms with E-state index < -0.39 is 17.7 Å². The van der Waals surface area contributed by atoms with Crippen LogP contribution in [0.4, 0.5) is 8.78 Å². The lowest BCUT2D eigenvalue weighted by Crippen LogP contribution is -2.34. The van der Waals surface area contributed by atoms with E-state index in [4.69, 9.17) is 4.74 Å². The molecule has 2 aromatic rings. The van der Waals surface area contributed by atoms with Gasteiger partial charge in [-0.2, -0.15) is 0 Å². The van der Waals surface area contributed by atoms with Crippen LogP contribution in [0.3, 0.4) is 0 Å². The van der Waals surface area contributed by atoms with Crippen molar-refractivity contribution < 1.29 is 23.4 Å². The zero-order valence-electron chi connectivity index (χ0n) is 13.3. The quantitative estimate of drug-likeness (QED) is 0.774. The monoisotopic (exact) mass is 348 g/mol. The lowest BCUT2D eigenvalue weighted by molar-refractivity contribution is 0.0927. The zero-order valence-corrected chi connectivity index (χ0v) is 13.3. The number of rotatable bonds is 5. The van der Waals surface area contributed by atoms with Gasteiger partial charge in [0.25, 0.3) is 5.91 Å². The van der Waals surface area contributed by atoms with Crippen molar-refractivity contribution in [2.45, 2.75) is 6.10 Å². The maximum absolute atomic E-state index is 13.6. The molecule has 25 heavy (non-hydrogen) atoms. The molecule has 0 aliphatic carbocycles. The molecule has 1 aliphatic heterocycles. The summed E-state index contributed by atoms with van der Waals surface area (Å²) >= 11 is 0. The van der Waals surface area contributed by atoms with Crippen molar-refractivity contribution in [3.05, 3.63) is 59.7 Å². The Labute approximate surface area is 143 Å². The Kier molecular flexibility index (Phi) is 5.25. The normalized spacial score (nSPS) is 19.6. The van der Waals surface area contributed by atoms with Crippen molar-refractivity contribution in [2.24, 2.45) is 5.92 Å². The summed E-state index contributed by atoms with van der Waals surface area (Å²) in [5.74, 6) is -1.52. The zero-order chi connectivity index (χ0) is 17.8. The van der Waals surface area contributed by atoms with Crippen LogP contribution in [0.15, 0.2) is 42.5 Å². The smallest absolute Gasteiger partial charge is 0.251 e. The highest BCUT2D eigenvalue weighted by Gasteiger charge is 2.25. The van der Waals surface area contributed by atoms with Gasteiger partial charge < -0.3 is 20.5 Å². The van der Waals surface area contributed by atoms with Gasteiger partial charge in [-0.15, -0.1) is 0 Å². The van der Waals surface area contributed by atoms with Crippen molar-refractivity contribution in [1.82, 2.24) is 10.6 Å². The van der Waals surface area contributed by atoms with Gasteiger partial charge in [0.1, 0.15) is 11.6 Å². The van der Waals surface area contributed by atoms with E-state index in [-0.39, 0.29) is 17.6 Å². The minimum atomic E-state index is -0.800. The average molecular weight is 348 g/mol. The maximum Gasteiger partial charge on any atom is 0.251 e. The summed E-state index contributed by atoms with van der Waals surface area (Å²) < 4.78 is 31.8. The van der Waals surface area contributed by atoms with Gasteiger partial charge in [-0.25, -0.2) is 8.78 Å². The van der Waals surface area contributed by atoms with Crippen molar-refractivity contribution >= 4 is 5.91 Å². The van der Waals surface area contributed by atoms with Gasteiger partial charge in [0.15, 0.2) is 11.6 Å². The predicted octanol–water partition coefficient (Wildman–Crippen LogP) is 2.07. The number of carbonyl (C=O) groups is 1. The van der Waals surface area contributed by atoms with Gasteiger partial charge >= 0.3 is 0 Å². The minimum Gasteiger partial charge on any atom is -0.454 e. The molecular formula is C18H18F2N2O3. The summed E-state index contributed by atoms with van der Waals surface area (Å²) in [5, 5.41) is 15.5. The number of hydrogen-bond donors (Lipinski definition) is 3. The fourth-order valence-electron chi connectivity index (χ4n) is 2.61. The highest BCUT2D eigenvalue weighted by molar-refractivity contribution is 5.94. The molecule has 3 rings (SSSR count). The molecule has 0 saturated carbocycles. The first-order chi connectivity index (χ1) is 12.0. The molecule has 0 radical (unpaired) electrons. The van der Waals surface area contributed by atoms with Gasteiger partial charge in [-0.1, -0.05) is 0 Å². The molecule has 3 N–H and O–H groups in total. The van der Waals surface area contributed by atoms with Gasteiger partial charge in [0.2, 0.25) is 0 Å². The van der Waals surface area contributed by atoms with E-state index in [1.807, 2.05) is 0 Å². The van der Waals surface area contributed by atoms with Crippen LogP contribution in [-0.2, 0) is 0 Å². The van der Waals surface area contributed by atoms with Crippen molar-refractivity contribution in [2.75, 3.05) is 19.6 Å². The van der Waals surface area contributed by atoms with Crippen LogP contribution >= 0.6 is 0 Å². The number of hydrogen-bond acceptors (Lipinski definition) is 4. The summed E-state index contributed by atoms with van der Waals surface area (Å²) in [4.78, 5) is 12.1. The van der Waals surface area contributed by atoms with Crippen LogP contribution in [0.25, 0.3) is 0 Å². The van der Waals surface area contributed by atoms with Crippen LogP contribution in [-0.4, -0.2) is 36.8 Å². The molecule has 2 unspecified atom stereocenters. The Bertz CT molecular complexity index is 752. The Balaban J connectivity index is 1.58. The Morgan fingerprint density at radius 1 is 1.20 bits per heavy atom. The third-order valence-corrected chi connectivity index (χ3v) is 4.07. The molecule has 2 aromatic carbocycles. The number of carbonyl (C=O) groups excluding carboxylic acids is 1. The second kappa shape index (κ2) is 7.58. The molecule has 7 heteroatoms. The van der Waals surface area contributed by atoms with Crippen molar-refractivity contribution in [3.8, 4) is 11.5 Å². The molecular weight excluding hydrogens is 330 g/mol. The van der Waals surface area contributed by atoms with E-state index in [0.717, 1.165) is 12.1 Å². The topological polar surface area (TPSA) is 70.6 Å². The maximum atomic E-state index is 13.6. The van der Waals surface area contributed by atoms with E-state index in [2.05, 4.69) is 10.6 Å². The summed E-state index contributed by atoms with van der Waals surface area (Å²) in [6.45, 7) is 1.58. The SMILES string of the molecule is O=C(NCC1CNCC1O)c1ccc(Oc2ccc(F)cc2F)cc1. The van der Waals surface area contributed by atoms with E-state index >= 15 is 0 Å². The van der Waals surface area contributed by atoms with E-state index in [9.17, 15) is 18.7 Å². The van der Waals surface area contributed by atoms with E-state index in [0.29, 0.717) is 30.9 Å². The summed E-state index contributed by atoms with van der Waals surface area (Å²) in [5.41, 5.74) is 0.423. The van der Waals surface area contributed by atoms with E-state index in [1.54, 1.807) is 12.1 Å². The number of β-amino-alcohol motifs (C(OH)–C–C–N with tert-alkyl or cyclic N) is 1. The lowest BCUT2D eigenvalue weighted by atomic mass is 10.1. The minimum absolute atomic E-state index is 0.00647. The second-order valence-corrected chi connectivity index (χ2v) is 5.90. The largest absolute Gasteiger partial charge is 0.454 e. The van der Waals surface area contributed by atoms with Gasteiger partial charge in [0.05, 0.1) is 6.10 Å². The molecule has 0 aromatic heterocycles. The highest BCUT2D eigenvalue weighted by atomic mass is 19.1. The van der Waals surface area contributed by atoms with Crippen LogP contribution in [0, 0.1) is 17.6 Å². The average Bonchev–Trinajstić information content (AvgIpc) is 3.01. The predicted molar refractivity (Wildman–Crippen MR) is 87.6 cm³/mol. The van der Waals surface area contributed by atoms with Crippen molar-refractivity contribution in [3.63, 3.8) is 0 Å². The molecule has 1 aliphatic rings. The van der Waals surface area contributed by atoms with Gasteiger partial charge in [-0.3, -0.25) is 4.79 Å². The molecule has 1 amide bonds. The van der Waals surface area contributed by atoms with Crippen LogP contribution in [0.1, 0.15) is 10.4 Å². The highest BCUT2D eigenvalue weighted by Crippen LogP contribution is 2.25. The first-order valence-electron chi connectivity index (χ1n) is 7.93. The Hall–Kier alpha value is -2.51. The molecule has 0 spiro atoms. The second-order valence-electron chi connectivity index (χ2n) is 5.90. The summed E-state index contributed by atoms with van der Waals surface area (Å²) in [7, 11) is 0. The Morgan fingerprint density at radius 2 is 1.96 bits per heavy atom. The Morgan fingerprint density at radius 3 is 2.60 bits per heavy atom. The molecule has 5 nitrogen and oxygen atoms in total. The molecule has 2 atom stereocenters. The molecule has 1 saturated heterocycles. The summed E-state index contributed by atoms with van der Waals surface area (Å²) in [6, 6.07) is 9.21. The first-order valence-corrected chi connectivity index (χ1v) is 7.93. The lowest BCUT2D eigenvalue weighted by Gasteiger charge is -2.14. The number of aliphatic hydroxyl groups is 1. The standard InChI is InChI=1S/C18H18F2N2O3/c19-13-3-6-17(15(20)7-13)25-14-4-1-11(2-5-14)18(24)22-9-12-8-21-10-16(12)23/h1-7,12,16,21,23H,8-10H2,(H,22,24).